The van der Waals surface area contributed by atoms with Crippen LogP contribution in [0.5, 0.6) is 11.5 Å². The second-order valence-electron chi connectivity index (χ2n) is 8.14. The van der Waals surface area contributed by atoms with Crippen molar-refractivity contribution >= 4 is 28.6 Å². The van der Waals surface area contributed by atoms with Gasteiger partial charge in [-0.25, -0.2) is 9.78 Å². The highest BCUT2D eigenvalue weighted by Gasteiger charge is 2.21. The van der Waals surface area contributed by atoms with E-state index in [0.717, 1.165) is 0 Å². The molecule has 186 valence electrons. The second kappa shape index (κ2) is 10.0. The summed E-state index contributed by atoms with van der Waals surface area (Å²) in [6.07, 6.45) is 1.60. The topological polar surface area (TPSA) is 113 Å². The number of methoxy groups -OCH3 is 2. The van der Waals surface area contributed by atoms with Gasteiger partial charge in [0, 0.05) is 17.8 Å². The molecule has 3 aromatic heterocycles. The molecule has 1 amide bonds. The average molecular weight is 491 g/mol. The highest BCUT2D eigenvalue weighted by atomic mass is 16.5. The first-order valence-electron chi connectivity index (χ1n) is 11.4. The molecule has 10 heteroatoms. The molecule has 0 unspecified atom stereocenters. The predicted molar refractivity (Wildman–Crippen MR) is 133 cm³/mol. The van der Waals surface area contributed by atoms with Crippen LogP contribution in [-0.2, 0) is 4.74 Å². The molecule has 0 aliphatic carbocycles. The SMILES string of the molecule is CCOC(=O)c1cc2c(=O)n3ccccc3nc2n(C(C)C)c1=NC(=O)c1ccc(OC)c(OC)c1. The molecular formula is C26H26N4O6. The van der Waals surface area contributed by atoms with E-state index in [9.17, 15) is 14.4 Å². The fourth-order valence-electron chi connectivity index (χ4n) is 3.93. The number of ether oxygens (including phenoxy) is 3. The number of nitrogens with zero attached hydrogens (tertiary/aromatic N) is 4. The van der Waals surface area contributed by atoms with Crippen molar-refractivity contribution in [2.75, 3.05) is 20.8 Å². The first-order valence-corrected chi connectivity index (χ1v) is 11.4. The van der Waals surface area contributed by atoms with Crippen LogP contribution in [0.3, 0.4) is 0 Å². The van der Waals surface area contributed by atoms with Gasteiger partial charge in [-0.3, -0.25) is 14.0 Å². The monoisotopic (exact) mass is 490 g/mol. The van der Waals surface area contributed by atoms with Crippen molar-refractivity contribution in [3.8, 4) is 11.5 Å². The molecule has 0 bridgehead atoms. The van der Waals surface area contributed by atoms with Crippen LogP contribution in [0.15, 0.2) is 58.4 Å². The first-order chi connectivity index (χ1) is 17.3. The molecule has 36 heavy (non-hydrogen) atoms. The van der Waals surface area contributed by atoms with E-state index in [-0.39, 0.29) is 40.2 Å². The Labute approximate surface area is 206 Å². The van der Waals surface area contributed by atoms with Gasteiger partial charge in [0.05, 0.1) is 26.2 Å². The maximum atomic E-state index is 13.3. The number of esters is 1. The number of hydrogen-bond acceptors (Lipinski definition) is 7. The quantitative estimate of drug-likeness (QED) is 0.301. The molecule has 0 spiro atoms. The standard InChI is InChI=1S/C26H26N4O6/c1-6-36-26(33)18-14-17-22(27-21-9-7-8-12-29(21)25(17)32)30(15(2)3)23(18)28-24(31)16-10-11-19(34-4)20(13-16)35-5/h7-15H,6H2,1-5H3. The number of amides is 1. The van der Waals surface area contributed by atoms with Crippen molar-refractivity contribution in [2.45, 2.75) is 26.8 Å². The fourth-order valence-corrected chi connectivity index (χ4v) is 3.93. The average Bonchev–Trinajstić information content (AvgIpc) is 2.87. The van der Waals surface area contributed by atoms with Gasteiger partial charge in [0.15, 0.2) is 17.0 Å². The number of aromatic nitrogens is 3. The fraction of sp³-hybridized carbons (Fsp3) is 0.269. The van der Waals surface area contributed by atoms with Crippen LogP contribution in [-0.4, -0.2) is 46.7 Å². The molecule has 0 fully saturated rings. The minimum atomic E-state index is -0.703. The van der Waals surface area contributed by atoms with Crippen molar-refractivity contribution in [1.82, 2.24) is 14.0 Å². The van der Waals surface area contributed by atoms with Crippen molar-refractivity contribution in [2.24, 2.45) is 4.99 Å². The van der Waals surface area contributed by atoms with E-state index in [1.54, 1.807) is 48.0 Å². The van der Waals surface area contributed by atoms with E-state index in [1.165, 1.54) is 30.8 Å². The Hall–Kier alpha value is -4.47. The molecular weight excluding hydrogens is 464 g/mol. The third kappa shape index (κ3) is 4.33. The van der Waals surface area contributed by atoms with Gasteiger partial charge in [-0.1, -0.05) is 6.07 Å². The molecule has 0 saturated carbocycles. The Balaban J connectivity index is 2.09. The Morgan fingerprint density at radius 3 is 2.47 bits per heavy atom. The number of carbonyl (C=O) groups excluding carboxylic acids is 2. The minimum Gasteiger partial charge on any atom is -0.493 e. The normalized spacial score (nSPS) is 11.8. The van der Waals surface area contributed by atoms with Gasteiger partial charge in [-0.15, -0.1) is 0 Å². The maximum Gasteiger partial charge on any atom is 0.341 e. The van der Waals surface area contributed by atoms with Gasteiger partial charge < -0.3 is 18.8 Å². The van der Waals surface area contributed by atoms with Crippen molar-refractivity contribution in [3.05, 3.63) is 75.6 Å². The zero-order valence-electron chi connectivity index (χ0n) is 20.6. The first kappa shape index (κ1) is 24.6. The number of rotatable bonds is 6. The minimum absolute atomic E-state index is 0.0124. The summed E-state index contributed by atoms with van der Waals surface area (Å²) in [7, 11) is 2.96. The largest absolute Gasteiger partial charge is 0.493 e. The Morgan fingerprint density at radius 1 is 1.06 bits per heavy atom. The summed E-state index contributed by atoms with van der Waals surface area (Å²) in [5, 5.41) is 0.202. The highest BCUT2D eigenvalue weighted by molar-refractivity contribution is 5.97. The van der Waals surface area contributed by atoms with Gasteiger partial charge in [0.25, 0.3) is 11.5 Å². The van der Waals surface area contributed by atoms with E-state index >= 15 is 0 Å². The lowest BCUT2D eigenvalue weighted by Crippen LogP contribution is -2.33. The lowest BCUT2D eigenvalue weighted by Gasteiger charge is -2.17. The van der Waals surface area contributed by atoms with E-state index < -0.39 is 11.9 Å². The van der Waals surface area contributed by atoms with Crippen molar-refractivity contribution in [1.29, 1.82) is 0 Å². The third-order valence-corrected chi connectivity index (χ3v) is 5.58. The Morgan fingerprint density at radius 2 is 1.81 bits per heavy atom. The van der Waals surface area contributed by atoms with Gasteiger partial charge in [0.1, 0.15) is 16.9 Å². The maximum absolute atomic E-state index is 13.3. The summed E-state index contributed by atoms with van der Waals surface area (Å²) in [5.41, 5.74) is 0.626. The van der Waals surface area contributed by atoms with Crippen molar-refractivity contribution in [3.63, 3.8) is 0 Å². The van der Waals surface area contributed by atoms with E-state index in [4.69, 9.17) is 14.2 Å². The molecule has 0 aliphatic rings. The molecule has 0 radical (unpaired) electrons. The van der Waals surface area contributed by atoms with Gasteiger partial charge in [0.2, 0.25) is 0 Å². The van der Waals surface area contributed by atoms with Gasteiger partial charge >= 0.3 is 5.97 Å². The Kier molecular flexibility index (Phi) is 6.86. The second-order valence-corrected chi connectivity index (χ2v) is 8.14. The van der Waals surface area contributed by atoms with Crippen LogP contribution in [0.1, 0.15) is 47.5 Å². The summed E-state index contributed by atoms with van der Waals surface area (Å²) in [6.45, 7) is 5.48. The van der Waals surface area contributed by atoms with Crippen LogP contribution in [0, 0.1) is 0 Å². The zero-order chi connectivity index (χ0) is 26.0. The third-order valence-electron chi connectivity index (χ3n) is 5.58. The summed E-state index contributed by atoms with van der Waals surface area (Å²) in [5.74, 6) is -0.501. The van der Waals surface area contributed by atoms with Crippen LogP contribution in [0.2, 0.25) is 0 Å². The number of benzene rings is 1. The lowest BCUT2D eigenvalue weighted by molar-refractivity contribution is 0.0523. The Bertz CT molecular complexity index is 1620. The summed E-state index contributed by atoms with van der Waals surface area (Å²) >= 11 is 0. The van der Waals surface area contributed by atoms with Crippen molar-refractivity contribution < 1.29 is 23.8 Å². The molecule has 4 aromatic rings. The van der Waals surface area contributed by atoms with Gasteiger partial charge in [-0.2, -0.15) is 4.99 Å². The highest BCUT2D eigenvalue weighted by Crippen LogP contribution is 2.27. The smallest absolute Gasteiger partial charge is 0.341 e. The summed E-state index contributed by atoms with van der Waals surface area (Å²) in [6, 6.07) is 10.9. The predicted octanol–water partition coefficient (Wildman–Crippen LogP) is 3.17. The molecule has 0 saturated heterocycles. The molecule has 3 heterocycles. The molecule has 0 N–H and O–H groups in total. The van der Waals surface area contributed by atoms with Crippen LogP contribution in [0.4, 0.5) is 0 Å². The number of carbonyl (C=O) groups is 2. The molecule has 1 aromatic carbocycles. The van der Waals surface area contributed by atoms with E-state index in [1.807, 2.05) is 13.8 Å². The molecule has 0 atom stereocenters. The van der Waals surface area contributed by atoms with E-state index in [2.05, 4.69) is 9.98 Å². The zero-order valence-corrected chi connectivity index (χ0v) is 20.6. The molecule has 10 nitrogen and oxygen atoms in total. The molecule has 0 aliphatic heterocycles. The summed E-state index contributed by atoms with van der Waals surface area (Å²) in [4.78, 5) is 48.6. The summed E-state index contributed by atoms with van der Waals surface area (Å²) < 4.78 is 18.8. The van der Waals surface area contributed by atoms with Gasteiger partial charge in [-0.05, 0) is 57.2 Å². The van der Waals surface area contributed by atoms with Crippen LogP contribution >= 0.6 is 0 Å². The van der Waals surface area contributed by atoms with E-state index in [0.29, 0.717) is 22.8 Å². The van der Waals surface area contributed by atoms with Crippen LogP contribution in [0.25, 0.3) is 16.7 Å². The molecule has 4 rings (SSSR count). The van der Waals surface area contributed by atoms with Crippen LogP contribution < -0.4 is 20.5 Å². The number of fused-ring (bicyclic) bond motifs is 2. The lowest BCUT2D eigenvalue weighted by atomic mass is 10.1. The number of hydrogen-bond donors (Lipinski definition) is 0. The number of pyridine rings is 2.